The van der Waals surface area contributed by atoms with Gasteiger partial charge < -0.3 is 10.3 Å². The molecule has 2 aromatic carbocycles. The largest absolute Gasteiger partial charge is 0.398 e. The summed E-state index contributed by atoms with van der Waals surface area (Å²) in [5.74, 6) is 0.596. The van der Waals surface area contributed by atoms with Gasteiger partial charge in [-0.25, -0.2) is 9.37 Å². The molecule has 0 aliphatic carbocycles. The quantitative estimate of drug-likeness (QED) is 0.734. The molecule has 0 radical (unpaired) electrons. The van der Waals surface area contributed by atoms with Gasteiger partial charge in [0.2, 0.25) is 0 Å². The number of imidazole rings is 1. The van der Waals surface area contributed by atoms with Gasteiger partial charge >= 0.3 is 0 Å². The lowest BCUT2D eigenvalue weighted by atomic mass is 10.1. The van der Waals surface area contributed by atoms with Gasteiger partial charge in [0, 0.05) is 17.8 Å². The Morgan fingerprint density at radius 1 is 1.19 bits per heavy atom. The number of aryl methyl sites for hydroxylation is 2. The summed E-state index contributed by atoms with van der Waals surface area (Å²) >= 11 is 0. The Labute approximate surface area is 123 Å². The smallest absolute Gasteiger partial charge is 0.141 e. The maximum absolute atomic E-state index is 13.5. The zero-order valence-corrected chi connectivity index (χ0v) is 12.2. The second-order valence-corrected chi connectivity index (χ2v) is 5.29. The van der Waals surface area contributed by atoms with E-state index < -0.39 is 0 Å². The monoisotopic (exact) mass is 283 g/mol. The van der Waals surface area contributed by atoms with Crippen LogP contribution in [0.4, 0.5) is 10.1 Å². The highest BCUT2D eigenvalue weighted by molar-refractivity contribution is 5.81. The Bertz CT molecular complexity index is 805. The first kappa shape index (κ1) is 13.6. The molecule has 1 heterocycles. The molecule has 3 aromatic rings. The molecular formula is C17H18FN3. The van der Waals surface area contributed by atoms with Crippen molar-refractivity contribution in [3.63, 3.8) is 0 Å². The van der Waals surface area contributed by atoms with Gasteiger partial charge in [-0.1, -0.05) is 19.1 Å². The lowest BCUT2D eigenvalue weighted by Gasteiger charge is -2.09. The van der Waals surface area contributed by atoms with Gasteiger partial charge in [0.15, 0.2) is 0 Å². The number of hydrogen-bond acceptors (Lipinski definition) is 2. The number of rotatable bonds is 3. The molecule has 0 unspecified atom stereocenters. The first-order valence-electron chi connectivity index (χ1n) is 7.12. The Kier molecular flexibility index (Phi) is 3.37. The van der Waals surface area contributed by atoms with E-state index in [-0.39, 0.29) is 5.82 Å². The molecule has 0 fully saturated rings. The Balaban J connectivity index is 2.25. The third-order valence-corrected chi connectivity index (χ3v) is 3.69. The highest BCUT2D eigenvalue weighted by atomic mass is 19.1. The molecule has 0 saturated heterocycles. The first-order valence-corrected chi connectivity index (χ1v) is 7.12. The summed E-state index contributed by atoms with van der Waals surface area (Å²) in [5.41, 5.74) is 10.4. The maximum atomic E-state index is 13.5. The average molecular weight is 283 g/mol. The summed E-state index contributed by atoms with van der Waals surface area (Å²) in [6.07, 6.45) is 0.955. The number of benzene rings is 2. The van der Waals surface area contributed by atoms with Gasteiger partial charge in [-0.2, -0.15) is 0 Å². The molecule has 0 amide bonds. The number of hydrogen-bond donors (Lipinski definition) is 1. The SMILES string of the molecule is CCCn1c(-c2ccc(C)c(N)c2)nc2ccc(F)cc21. The predicted molar refractivity (Wildman–Crippen MR) is 84.6 cm³/mol. The minimum atomic E-state index is -0.241. The Morgan fingerprint density at radius 3 is 2.71 bits per heavy atom. The van der Waals surface area contributed by atoms with Gasteiger partial charge in [0.05, 0.1) is 11.0 Å². The molecule has 0 spiro atoms. The van der Waals surface area contributed by atoms with Gasteiger partial charge in [0.25, 0.3) is 0 Å². The van der Waals surface area contributed by atoms with Crippen molar-refractivity contribution >= 4 is 16.7 Å². The van der Waals surface area contributed by atoms with E-state index in [1.807, 2.05) is 25.1 Å². The summed E-state index contributed by atoms with van der Waals surface area (Å²) in [5, 5.41) is 0. The molecule has 1 aromatic heterocycles. The number of nitrogens with zero attached hydrogens (tertiary/aromatic N) is 2. The van der Waals surface area contributed by atoms with Gasteiger partial charge in [-0.3, -0.25) is 0 Å². The third kappa shape index (κ3) is 2.37. The second-order valence-electron chi connectivity index (χ2n) is 5.29. The molecule has 0 saturated carbocycles. The molecule has 2 N–H and O–H groups in total. The zero-order chi connectivity index (χ0) is 15.0. The first-order chi connectivity index (χ1) is 10.1. The van der Waals surface area contributed by atoms with Crippen LogP contribution in [0.1, 0.15) is 18.9 Å². The average Bonchev–Trinajstić information content (AvgIpc) is 2.81. The summed E-state index contributed by atoms with van der Waals surface area (Å²) < 4.78 is 15.6. The molecular weight excluding hydrogens is 265 g/mol. The molecule has 0 aliphatic heterocycles. The van der Waals surface area contributed by atoms with Crippen LogP contribution in [-0.2, 0) is 6.54 Å². The number of nitrogen functional groups attached to an aromatic ring is 1. The number of anilines is 1. The highest BCUT2D eigenvalue weighted by Crippen LogP contribution is 2.28. The van der Waals surface area contributed by atoms with E-state index in [4.69, 9.17) is 5.73 Å². The normalized spacial score (nSPS) is 11.2. The van der Waals surface area contributed by atoms with Gasteiger partial charge in [0.1, 0.15) is 11.6 Å². The second kappa shape index (κ2) is 5.20. The Morgan fingerprint density at radius 2 is 2.00 bits per heavy atom. The van der Waals surface area contributed by atoms with Crippen molar-refractivity contribution in [1.29, 1.82) is 0 Å². The van der Waals surface area contributed by atoms with E-state index >= 15 is 0 Å². The lowest BCUT2D eigenvalue weighted by Crippen LogP contribution is -2.00. The van der Waals surface area contributed by atoms with Crippen molar-refractivity contribution in [1.82, 2.24) is 9.55 Å². The summed E-state index contributed by atoms with van der Waals surface area (Å²) in [6.45, 7) is 4.87. The van der Waals surface area contributed by atoms with Crippen LogP contribution >= 0.6 is 0 Å². The van der Waals surface area contributed by atoms with Gasteiger partial charge in [-0.05, 0) is 43.2 Å². The van der Waals surface area contributed by atoms with Gasteiger partial charge in [-0.15, -0.1) is 0 Å². The minimum Gasteiger partial charge on any atom is -0.398 e. The summed E-state index contributed by atoms with van der Waals surface area (Å²) in [7, 11) is 0. The van der Waals surface area contributed by atoms with E-state index in [9.17, 15) is 4.39 Å². The molecule has 4 heteroatoms. The van der Waals surface area contributed by atoms with Crippen LogP contribution in [0, 0.1) is 12.7 Å². The molecule has 3 rings (SSSR count). The molecule has 108 valence electrons. The topological polar surface area (TPSA) is 43.8 Å². The standard InChI is InChI=1S/C17H18FN3/c1-3-8-21-16-10-13(18)6-7-15(16)20-17(21)12-5-4-11(2)14(19)9-12/h4-7,9-10H,3,8,19H2,1-2H3. The molecule has 0 bridgehead atoms. The fraction of sp³-hybridized carbons (Fsp3) is 0.235. The molecule has 0 aliphatic rings. The predicted octanol–water partition coefficient (Wildman–Crippen LogP) is 4.14. The van der Waals surface area contributed by atoms with Crippen molar-refractivity contribution in [2.45, 2.75) is 26.8 Å². The Hall–Kier alpha value is -2.36. The van der Waals surface area contributed by atoms with Crippen LogP contribution in [0.25, 0.3) is 22.4 Å². The van der Waals surface area contributed by atoms with E-state index in [1.165, 1.54) is 6.07 Å². The fourth-order valence-corrected chi connectivity index (χ4v) is 2.55. The van der Waals surface area contributed by atoms with E-state index in [2.05, 4.69) is 16.5 Å². The minimum absolute atomic E-state index is 0.241. The van der Waals surface area contributed by atoms with Crippen LogP contribution in [0.2, 0.25) is 0 Å². The van der Waals surface area contributed by atoms with Crippen molar-refractivity contribution in [2.75, 3.05) is 5.73 Å². The van der Waals surface area contributed by atoms with E-state index in [0.717, 1.165) is 46.6 Å². The third-order valence-electron chi connectivity index (χ3n) is 3.69. The fourth-order valence-electron chi connectivity index (χ4n) is 2.55. The van der Waals surface area contributed by atoms with Crippen molar-refractivity contribution in [2.24, 2.45) is 0 Å². The summed E-state index contributed by atoms with van der Waals surface area (Å²) in [6, 6.07) is 10.6. The van der Waals surface area contributed by atoms with E-state index in [1.54, 1.807) is 12.1 Å². The van der Waals surface area contributed by atoms with Crippen LogP contribution in [0.3, 0.4) is 0 Å². The number of aromatic nitrogens is 2. The van der Waals surface area contributed by atoms with Crippen molar-refractivity contribution in [3.05, 3.63) is 47.8 Å². The van der Waals surface area contributed by atoms with Crippen molar-refractivity contribution in [3.8, 4) is 11.4 Å². The lowest BCUT2D eigenvalue weighted by molar-refractivity contribution is 0.627. The van der Waals surface area contributed by atoms with Crippen LogP contribution < -0.4 is 5.73 Å². The number of halogens is 1. The number of fused-ring (bicyclic) bond motifs is 1. The molecule has 3 nitrogen and oxygen atoms in total. The van der Waals surface area contributed by atoms with Crippen LogP contribution in [0.15, 0.2) is 36.4 Å². The maximum Gasteiger partial charge on any atom is 0.141 e. The molecule has 0 atom stereocenters. The number of nitrogens with two attached hydrogens (primary N) is 1. The zero-order valence-electron chi connectivity index (χ0n) is 12.2. The molecule has 21 heavy (non-hydrogen) atoms. The van der Waals surface area contributed by atoms with E-state index in [0.29, 0.717) is 0 Å². The van der Waals surface area contributed by atoms with Crippen LogP contribution in [-0.4, -0.2) is 9.55 Å². The summed E-state index contributed by atoms with van der Waals surface area (Å²) in [4.78, 5) is 4.65. The van der Waals surface area contributed by atoms with Crippen molar-refractivity contribution < 1.29 is 4.39 Å². The highest BCUT2D eigenvalue weighted by Gasteiger charge is 2.13. The van der Waals surface area contributed by atoms with Crippen LogP contribution in [0.5, 0.6) is 0 Å².